The molecule has 0 amide bonds. The van der Waals surface area contributed by atoms with E-state index in [9.17, 15) is 0 Å². The highest BCUT2D eigenvalue weighted by atomic mass is 79.9. The van der Waals surface area contributed by atoms with Crippen LogP contribution in [0.1, 0.15) is 22.1 Å². The van der Waals surface area contributed by atoms with Crippen LogP contribution in [0.15, 0.2) is 46.9 Å². The van der Waals surface area contributed by atoms with Gasteiger partial charge in [0, 0.05) is 9.50 Å². The Balaban J connectivity index is 2.13. The molecule has 0 spiro atoms. The van der Waals surface area contributed by atoms with Crippen molar-refractivity contribution in [3.63, 3.8) is 0 Å². The van der Waals surface area contributed by atoms with Crippen molar-refractivity contribution in [3.8, 4) is 0 Å². The molecule has 0 bridgehead atoms. The molecule has 1 unspecified atom stereocenters. The smallest absolute Gasteiger partial charge is 0.0626 e. The van der Waals surface area contributed by atoms with Crippen LogP contribution in [-0.2, 0) is 6.42 Å². The molecular weight excluding hydrogens is 331 g/mol. The van der Waals surface area contributed by atoms with Gasteiger partial charge in [-0.3, -0.25) is 0 Å². The zero-order valence-electron chi connectivity index (χ0n) is 9.96. The van der Waals surface area contributed by atoms with Gasteiger partial charge >= 0.3 is 0 Å². The van der Waals surface area contributed by atoms with Gasteiger partial charge in [-0.1, -0.05) is 51.8 Å². The summed E-state index contributed by atoms with van der Waals surface area (Å²) in [7, 11) is 0. The summed E-state index contributed by atoms with van der Waals surface area (Å²) >= 11 is 16.0. The molecule has 0 radical (unpaired) electrons. The molecule has 0 saturated heterocycles. The van der Waals surface area contributed by atoms with Gasteiger partial charge in [0.2, 0.25) is 0 Å². The molecule has 2 aromatic carbocycles. The van der Waals surface area contributed by atoms with Crippen LogP contribution in [0.2, 0.25) is 5.02 Å². The number of aryl methyl sites for hydroxylation is 1. The maximum atomic E-state index is 6.43. The van der Waals surface area contributed by atoms with Gasteiger partial charge in [-0.2, -0.15) is 0 Å². The molecule has 2 rings (SSSR count). The first-order valence-electron chi connectivity index (χ1n) is 5.71. The maximum Gasteiger partial charge on any atom is 0.0626 e. The maximum absolute atomic E-state index is 6.43. The quantitative estimate of drug-likeness (QED) is 0.605. The molecule has 1 atom stereocenters. The molecule has 0 N–H and O–H groups in total. The Kier molecular flexibility index (Phi) is 4.71. The molecule has 94 valence electrons. The minimum atomic E-state index is -0.0516. The highest BCUT2D eigenvalue weighted by molar-refractivity contribution is 9.10. The van der Waals surface area contributed by atoms with Gasteiger partial charge in [-0.05, 0) is 48.2 Å². The molecule has 0 heterocycles. The fraction of sp³-hybridized carbons (Fsp3) is 0.200. The third kappa shape index (κ3) is 3.50. The van der Waals surface area contributed by atoms with Crippen molar-refractivity contribution in [2.24, 2.45) is 0 Å². The summed E-state index contributed by atoms with van der Waals surface area (Å²) in [6, 6.07) is 14.2. The Bertz CT molecular complexity index is 535. The van der Waals surface area contributed by atoms with E-state index in [4.69, 9.17) is 23.2 Å². The molecule has 0 nitrogen and oxygen atoms in total. The third-order valence-electron chi connectivity index (χ3n) is 2.89. The largest absolute Gasteiger partial charge is 0.117 e. The van der Waals surface area contributed by atoms with Crippen molar-refractivity contribution < 1.29 is 0 Å². The third-order valence-corrected chi connectivity index (χ3v) is 4.23. The minimum Gasteiger partial charge on any atom is -0.117 e. The Hall–Kier alpha value is -0.500. The monoisotopic (exact) mass is 342 g/mol. The molecule has 0 aromatic heterocycles. The van der Waals surface area contributed by atoms with Crippen LogP contribution in [0, 0.1) is 6.92 Å². The van der Waals surface area contributed by atoms with Gasteiger partial charge in [0.1, 0.15) is 0 Å². The lowest BCUT2D eigenvalue weighted by molar-refractivity contribution is 0.919. The zero-order valence-corrected chi connectivity index (χ0v) is 13.1. The molecule has 3 heteroatoms. The standard InChI is InChI=1S/C15H13BrCl2/c1-10-2-5-12(9-14(10)17)15(18)8-11-3-6-13(16)7-4-11/h2-7,9,15H,8H2,1H3. The molecule has 0 fully saturated rings. The van der Waals surface area contributed by atoms with Gasteiger partial charge in [-0.15, -0.1) is 11.6 Å². The minimum absolute atomic E-state index is 0.0516. The van der Waals surface area contributed by atoms with Crippen molar-refractivity contribution in [1.82, 2.24) is 0 Å². The van der Waals surface area contributed by atoms with E-state index in [1.165, 1.54) is 5.56 Å². The topological polar surface area (TPSA) is 0 Å². The molecule has 18 heavy (non-hydrogen) atoms. The van der Waals surface area contributed by atoms with Gasteiger partial charge < -0.3 is 0 Å². The predicted molar refractivity (Wildman–Crippen MR) is 82.6 cm³/mol. The second-order valence-electron chi connectivity index (χ2n) is 4.31. The highest BCUT2D eigenvalue weighted by Gasteiger charge is 2.10. The van der Waals surface area contributed by atoms with Crippen molar-refractivity contribution in [2.45, 2.75) is 18.7 Å². The van der Waals surface area contributed by atoms with E-state index >= 15 is 0 Å². The van der Waals surface area contributed by atoms with Gasteiger partial charge in [0.15, 0.2) is 0 Å². The van der Waals surface area contributed by atoms with Crippen LogP contribution < -0.4 is 0 Å². The second-order valence-corrected chi connectivity index (χ2v) is 6.16. The number of hydrogen-bond acceptors (Lipinski definition) is 0. The van der Waals surface area contributed by atoms with Crippen LogP contribution in [0.5, 0.6) is 0 Å². The van der Waals surface area contributed by atoms with E-state index in [-0.39, 0.29) is 5.38 Å². The number of halogens is 3. The lowest BCUT2D eigenvalue weighted by Crippen LogP contribution is -1.96. The number of alkyl halides is 1. The molecule has 0 aliphatic carbocycles. The lowest BCUT2D eigenvalue weighted by atomic mass is 10.0. The molecule has 2 aromatic rings. The Morgan fingerprint density at radius 2 is 1.78 bits per heavy atom. The highest BCUT2D eigenvalue weighted by Crippen LogP contribution is 2.28. The first-order valence-corrected chi connectivity index (χ1v) is 7.31. The van der Waals surface area contributed by atoms with Crippen LogP contribution >= 0.6 is 39.1 Å². The van der Waals surface area contributed by atoms with Gasteiger partial charge in [0.25, 0.3) is 0 Å². The zero-order chi connectivity index (χ0) is 13.1. The van der Waals surface area contributed by atoms with Crippen molar-refractivity contribution in [2.75, 3.05) is 0 Å². The van der Waals surface area contributed by atoms with Crippen molar-refractivity contribution in [3.05, 3.63) is 68.7 Å². The average molecular weight is 344 g/mol. The van der Waals surface area contributed by atoms with Crippen LogP contribution in [0.4, 0.5) is 0 Å². The lowest BCUT2D eigenvalue weighted by Gasteiger charge is -2.11. The first kappa shape index (κ1) is 13.9. The Morgan fingerprint density at radius 1 is 1.11 bits per heavy atom. The Morgan fingerprint density at radius 3 is 2.39 bits per heavy atom. The van der Waals surface area contributed by atoms with Gasteiger partial charge in [-0.25, -0.2) is 0 Å². The van der Waals surface area contributed by atoms with E-state index in [0.717, 1.165) is 27.0 Å². The van der Waals surface area contributed by atoms with E-state index in [1.54, 1.807) is 0 Å². The Labute approximate surface area is 126 Å². The van der Waals surface area contributed by atoms with Crippen LogP contribution in [0.3, 0.4) is 0 Å². The predicted octanol–water partition coefficient (Wildman–Crippen LogP) is 5.93. The number of hydrogen-bond donors (Lipinski definition) is 0. The summed E-state index contributed by atoms with van der Waals surface area (Å²) in [6.07, 6.45) is 0.800. The molecule has 0 aliphatic heterocycles. The number of rotatable bonds is 3. The van der Waals surface area contributed by atoms with E-state index in [2.05, 4.69) is 28.1 Å². The summed E-state index contributed by atoms with van der Waals surface area (Å²) in [5.41, 5.74) is 3.36. The SMILES string of the molecule is Cc1ccc(C(Cl)Cc2ccc(Br)cc2)cc1Cl. The average Bonchev–Trinajstić information content (AvgIpc) is 2.35. The summed E-state index contributed by atoms with van der Waals surface area (Å²) < 4.78 is 1.08. The summed E-state index contributed by atoms with van der Waals surface area (Å²) in [6.45, 7) is 1.99. The fourth-order valence-corrected chi connectivity index (χ4v) is 2.52. The second kappa shape index (κ2) is 6.10. The molecular formula is C15H13BrCl2. The normalized spacial score (nSPS) is 12.4. The van der Waals surface area contributed by atoms with E-state index in [0.29, 0.717) is 0 Å². The summed E-state index contributed by atoms with van der Waals surface area (Å²) in [4.78, 5) is 0. The fourth-order valence-electron chi connectivity index (χ4n) is 1.75. The van der Waals surface area contributed by atoms with E-state index < -0.39 is 0 Å². The van der Waals surface area contributed by atoms with Crippen LogP contribution in [-0.4, -0.2) is 0 Å². The summed E-state index contributed by atoms with van der Waals surface area (Å²) in [5.74, 6) is 0. The van der Waals surface area contributed by atoms with Crippen molar-refractivity contribution >= 4 is 39.1 Å². The van der Waals surface area contributed by atoms with Gasteiger partial charge in [0.05, 0.1) is 5.38 Å². The molecule has 0 aliphatic rings. The van der Waals surface area contributed by atoms with Crippen molar-refractivity contribution in [1.29, 1.82) is 0 Å². The number of benzene rings is 2. The first-order chi connectivity index (χ1) is 8.56. The van der Waals surface area contributed by atoms with Crippen LogP contribution in [0.25, 0.3) is 0 Å². The van der Waals surface area contributed by atoms with E-state index in [1.807, 2.05) is 37.3 Å². The molecule has 0 saturated carbocycles. The summed E-state index contributed by atoms with van der Waals surface area (Å²) in [5, 5.41) is 0.721.